The summed E-state index contributed by atoms with van der Waals surface area (Å²) in [6, 6.07) is 3.59. The van der Waals surface area contributed by atoms with Crippen molar-refractivity contribution in [2.75, 3.05) is 11.6 Å². The highest BCUT2D eigenvalue weighted by Crippen LogP contribution is 2.37. The summed E-state index contributed by atoms with van der Waals surface area (Å²) in [7, 11) is -3.97. The third-order valence-electron chi connectivity index (χ3n) is 3.81. The van der Waals surface area contributed by atoms with E-state index in [1.165, 1.54) is 11.8 Å². The van der Waals surface area contributed by atoms with Crippen LogP contribution in [0.15, 0.2) is 34.1 Å². The number of nitrogens with one attached hydrogen (secondary N) is 1. The number of halogens is 3. The number of carbonyl (C=O) groups excluding carboxylic acids is 1. The number of benzene rings is 1. The molecule has 0 aliphatic carbocycles. The molecule has 0 spiro atoms. The Hall–Kier alpha value is -0.910. The Kier molecular flexibility index (Phi) is 6.92. The molecule has 0 saturated carbocycles. The summed E-state index contributed by atoms with van der Waals surface area (Å²) in [5.41, 5.74) is -4.44. The van der Waals surface area contributed by atoms with Crippen LogP contribution in [0, 0.1) is 0 Å². The van der Waals surface area contributed by atoms with E-state index in [0.717, 1.165) is 35.0 Å². The highest BCUT2D eigenvalue weighted by molar-refractivity contribution is 8.01. The van der Waals surface area contributed by atoms with Gasteiger partial charge >= 0.3 is 5.51 Å². The fourth-order valence-electron chi connectivity index (χ4n) is 2.26. The molecular weight excluding hydrogens is 409 g/mol. The van der Waals surface area contributed by atoms with Crippen molar-refractivity contribution in [3.63, 3.8) is 0 Å². The van der Waals surface area contributed by atoms with Gasteiger partial charge in [0, 0.05) is 16.7 Å². The maximum absolute atomic E-state index is 12.8. The molecule has 11 heteroatoms. The van der Waals surface area contributed by atoms with Crippen molar-refractivity contribution < 1.29 is 26.4 Å². The Morgan fingerprint density at radius 1 is 1.38 bits per heavy atom. The number of sulfonamides is 1. The largest absolute Gasteiger partial charge is 0.446 e. The van der Waals surface area contributed by atoms with Crippen LogP contribution in [0.4, 0.5) is 13.2 Å². The van der Waals surface area contributed by atoms with Crippen molar-refractivity contribution in [3.8, 4) is 0 Å². The fraction of sp³-hybridized carbons (Fsp3) is 0.533. The van der Waals surface area contributed by atoms with E-state index in [2.05, 4.69) is 5.32 Å². The molecule has 5 nitrogen and oxygen atoms in total. The molecule has 0 radical (unpaired) electrons. The topological polar surface area (TPSA) is 66.5 Å². The Morgan fingerprint density at radius 3 is 2.54 bits per heavy atom. The molecule has 2 atom stereocenters. The van der Waals surface area contributed by atoms with E-state index in [9.17, 15) is 26.4 Å². The summed E-state index contributed by atoms with van der Waals surface area (Å²) in [6.45, 7) is 3.74. The summed E-state index contributed by atoms with van der Waals surface area (Å²) in [5.74, 6) is 0.0981. The smallest absolute Gasteiger partial charge is 0.352 e. The first kappa shape index (κ1) is 21.4. The van der Waals surface area contributed by atoms with Crippen LogP contribution >= 0.6 is 23.5 Å². The second-order valence-corrected chi connectivity index (χ2v) is 9.77. The number of carbonyl (C=O) groups is 1. The average molecular weight is 429 g/mol. The van der Waals surface area contributed by atoms with E-state index >= 15 is 0 Å². The van der Waals surface area contributed by atoms with Gasteiger partial charge in [0.05, 0.1) is 10.8 Å². The van der Waals surface area contributed by atoms with Crippen molar-refractivity contribution in [3.05, 3.63) is 24.3 Å². The minimum atomic E-state index is -4.44. The van der Waals surface area contributed by atoms with Gasteiger partial charge in [-0.2, -0.15) is 17.5 Å². The van der Waals surface area contributed by atoms with Gasteiger partial charge in [0.2, 0.25) is 15.9 Å². The maximum atomic E-state index is 12.8. The molecule has 0 aromatic heterocycles. The Morgan fingerprint density at radius 2 is 2.00 bits per heavy atom. The van der Waals surface area contributed by atoms with Gasteiger partial charge < -0.3 is 5.32 Å². The first-order chi connectivity index (χ1) is 12.0. The number of hydrogen-bond donors (Lipinski definition) is 1. The number of rotatable bonds is 6. The summed E-state index contributed by atoms with van der Waals surface area (Å²) in [4.78, 5) is 12.1. The van der Waals surface area contributed by atoms with Crippen molar-refractivity contribution in [2.45, 2.75) is 47.7 Å². The van der Waals surface area contributed by atoms with Crippen molar-refractivity contribution in [1.29, 1.82) is 0 Å². The predicted octanol–water partition coefficient (Wildman–Crippen LogP) is 3.28. The van der Waals surface area contributed by atoms with E-state index in [-0.39, 0.29) is 39.4 Å². The lowest BCUT2D eigenvalue weighted by Gasteiger charge is -2.24. The minimum absolute atomic E-state index is 0.0728. The van der Waals surface area contributed by atoms with Crippen LogP contribution in [0.1, 0.15) is 20.3 Å². The Labute approximate surface area is 159 Å². The molecule has 26 heavy (non-hydrogen) atoms. The van der Waals surface area contributed by atoms with Crippen LogP contribution in [0.2, 0.25) is 0 Å². The monoisotopic (exact) mass is 428 g/mol. The maximum Gasteiger partial charge on any atom is 0.446 e. The summed E-state index contributed by atoms with van der Waals surface area (Å²) in [6.07, 6.45) is 0.719. The minimum Gasteiger partial charge on any atom is -0.352 e. The van der Waals surface area contributed by atoms with Gasteiger partial charge in [0.1, 0.15) is 6.04 Å². The van der Waals surface area contributed by atoms with Crippen LogP contribution in [-0.2, 0) is 14.8 Å². The molecule has 2 rings (SSSR count). The van der Waals surface area contributed by atoms with E-state index in [1.807, 2.05) is 13.8 Å². The van der Waals surface area contributed by atoms with Crippen LogP contribution in [-0.4, -0.2) is 47.9 Å². The summed E-state index contributed by atoms with van der Waals surface area (Å²) in [5, 5.41) is 2.77. The average Bonchev–Trinajstić information content (AvgIpc) is 3.04. The summed E-state index contributed by atoms with van der Waals surface area (Å²) >= 11 is 1.01. The van der Waals surface area contributed by atoms with Crippen molar-refractivity contribution in [2.24, 2.45) is 0 Å². The number of alkyl halides is 3. The normalized spacial score (nSPS) is 20.1. The molecule has 1 fully saturated rings. The molecule has 0 bridgehead atoms. The number of amides is 1. The van der Waals surface area contributed by atoms with Crippen LogP contribution in [0.3, 0.4) is 0 Å². The lowest BCUT2D eigenvalue weighted by molar-refractivity contribution is -0.124. The van der Waals surface area contributed by atoms with Gasteiger partial charge in [-0.15, -0.1) is 11.8 Å². The highest BCUT2D eigenvalue weighted by atomic mass is 32.2. The zero-order chi connectivity index (χ0) is 19.5. The van der Waals surface area contributed by atoms with Gasteiger partial charge in [-0.1, -0.05) is 6.92 Å². The molecule has 1 N–H and O–H groups in total. The zero-order valence-corrected chi connectivity index (χ0v) is 16.6. The molecule has 1 amide bonds. The molecule has 1 aromatic carbocycles. The standard InChI is InChI=1S/C15H19F3N2O3S3/c1-3-10(2)19-14(21)13-8-24-9-20(13)26(22,23)12-6-4-11(5-7-12)25-15(16,17)18/h4-7,10,13H,3,8-9H2,1-2H3,(H,19,21). The van der Waals surface area contributed by atoms with Gasteiger partial charge in [-0.3, -0.25) is 4.79 Å². The van der Waals surface area contributed by atoms with Gasteiger partial charge in [0.25, 0.3) is 0 Å². The molecule has 1 aliphatic heterocycles. The molecule has 1 saturated heterocycles. The molecule has 1 aliphatic rings. The lowest BCUT2D eigenvalue weighted by atomic mass is 10.2. The SMILES string of the molecule is CCC(C)NC(=O)C1CSCN1S(=O)(=O)c1ccc(SC(F)(F)F)cc1. The molecule has 2 unspecified atom stereocenters. The fourth-order valence-corrected chi connectivity index (χ4v) is 5.95. The quantitative estimate of drug-likeness (QED) is 0.705. The number of thioether (sulfide) groups is 2. The van der Waals surface area contributed by atoms with Crippen LogP contribution in [0.5, 0.6) is 0 Å². The van der Waals surface area contributed by atoms with E-state index in [1.54, 1.807) is 0 Å². The number of hydrogen-bond acceptors (Lipinski definition) is 5. The molecule has 1 heterocycles. The van der Waals surface area contributed by atoms with Gasteiger partial charge in [0.15, 0.2) is 0 Å². The third-order valence-corrected chi connectivity index (χ3v) is 7.59. The zero-order valence-electron chi connectivity index (χ0n) is 14.1. The lowest BCUT2D eigenvalue weighted by Crippen LogP contribution is -2.49. The Bertz CT molecular complexity index is 739. The van der Waals surface area contributed by atoms with E-state index < -0.39 is 21.6 Å². The first-order valence-electron chi connectivity index (χ1n) is 7.80. The highest BCUT2D eigenvalue weighted by Gasteiger charge is 2.40. The number of nitrogens with zero attached hydrogens (tertiary/aromatic N) is 1. The van der Waals surface area contributed by atoms with Crippen molar-refractivity contribution in [1.82, 2.24) is 9.62 Å². The molecule has 1 aromatic rings. The van der Waals surface area contributed by atoms with Crippen LogP contribution < -0.4 is 5.32 Å². The first-order valence-corrected chi connectivity index (χ1v) is 11.2. The van der Waals surface area contributed by atoms with Gasteiger partial charge in [-0.05, 0) is 49.4 Å². The second kappa shape index (κ2) is 8.41. The Balaban J connectivity index is 2.19. The summed E-state index contributed by atoms with van der Waals surface area (Å²) < 4.78 is 63.9. The van der Waals surface area contributed by atoms with E-state index in [4.69, 9.17) is 0 Å². The predicted molar refractivity (Wildman–Crippen MR) is 96.4 cm³/mol. The molecule has 146 valence electrons. The second-order valence-electron chi connectivity index (χ2n) is 5.74. The van der Waals surface area contributed by atoms with Crippen molar-refractivity contribution >= 4 is 39.5 Å². The van der Waals surface area contributed by atoms with Gasteiger partial charge in [-0.25, -0.2) is 8.42 Å². The van der Waals surface area contributed by atoms with Crippen LogP contribution in [0.25, 0.3) is 0 Å². The third kappa shape index (κ3) is 5.30. The molecular formula is C15H19F3N2O3S3. The van der Waals surface area contributed by atoms with E-state index in [0.29, 0.717) is 5.75 Å².